The van der Waals surface area contributed by atoms with Crippen LogP contribution in [0.5, 0.6) is 0 Å². The summed E-state index contributed by atoms with van der Waals surface area (Å²) in [5, 5.41) is 2.75. The maximum atomic E-state index is 2.30. The highest BCUT2D eigenvalue weighted by Gasteiger charge is 2.02. The molecule has 0 radical (unpaired) electrons. The van der Waals surface area contributed by atoms with Crippen LogP contribution in [0.4, 0.5) is 0 Å². The molecule has 14 heavy (non-hydrogen) atoms. The van der Waals surface area contributed by atoms with Crippen molar-refractivity contribution < 1.29 is 0 Å². The molecule has 0 aromatic heterocycles. The molecular formula is C14H16. The second-order valence-electron chi connectivity index (χ2n) is 4.17. The van der Waals surface area contributed by atoms with Gasteiger partial charge in [0.15, 0.2) is 0 Å². The molecule has 0 unspecified atom stereocenters. The maximum Gasteiger partial charge on any atom is -0.0149 e. The lowest BCUT2D eigenvalue weighted by molar-refractivity contribution is 1.33. The zero-order chi connectivity index (χ0) is 10.3. The average Bonchev–Trinajstić information content (AvgIpc) is 2.15. The second kappa shape index (κ2) is 3.13. The van der Waals surface area contributed by atoms with Gasteiger partial charge < -0.3 is 0 Å². The molecule has 0 fully saturated rings. The summed E-state index contributed by atoms with van der Waals surface area (Å²) in [6, 6.07) is 8.99. The van der Waals surface area contributed by atoms with Crippen LogP contribution in [0.2, 0.25) is 0 Å². The van der Waals surface area contributed by atoms with Crippen molar-refractivity contribution in [2.24, 2.45) is 0 Å². The van der Waals surface area contributed by atoms with E-state index in [9.17, 15) is 0 Å². The molecular weight excluding hydrogens is 168 g/mol. The highest BCUT2D eigenvalue weighted by Crippen LogP contribution is 2.24. The van der Waals surface area contributed by atoms with Gasteiger partial charge in [-0.1, -0.05) is 24.3 Å². The molecule has 0 amide bonds. The Hall–Kier alpha value is -1.30. The molecule has 2 aromatic carbocycles. The number of rotatable bonds is 0. The molecule has 2 rings (SSSR count). The van der Waals surface area contributed by atoms with Gasteiger partial charge in [-0.3, -0.25) is 0 Å². The predicted octanol–water partition coefficient (Wildman–Crippen LogP) is 4.07. The van der Waals surface area contributed by atoms with E-state index in [-0.39, 0.29) is 0 Å². The standard InChI is InChI=1S/C14H16/c1-9-5-6-13-7-10(2)11(3)8-14(13)12(9)4/h5-8H,1-4H3. The molecule has 0 aliphatic heterocycles. The molecule has 0 atom stereocenters. The zero-order valence-corrected chi connectivity index (χ0v) is 9.31. The smallest absolute Gasteiger partial charge is 0.0149 e. The van der Waals surface area contributed by atoms with Crippen LogP contribution < -0.4 is 0 Å². The van der Waals surface area contributed by atoms with Gasteiger partial charge in [0, 0.05) is 0 Å². The Bertz CT molecular complexity index is 493. The average molecular weight is 184 g/mol. The Morgan fingerprint density at radius 3 is 2.07 bits per heavy atom. The quantitative estimate of drug-likeness (QED) is 0.579. The summed E-state index contributed by atoms with van der Waals surface area (Å²) in [5.74, 6) is 0. The van der Waals surface area contributed by atoms with Crippen molar-refractivity contribution in [3.05, 3.63) is 46.5 Å². The Morgan fingerprint density at radius 2 is 1.36 bits per heavy atom. The van der Waals surface area contributed by atoms with Crippen molar-refractivity contribution in [1.82, 2.24) is 0 Å². The van der Waals surface area contributed by atoms with E-state index in [0.29, 0.717) is 0 Å². The van der Waals surface area contributed by atoms with Gasteiger partial charge in [-0.05, 0) is 60.7 Å². The van der Waals surface area contributed by atoms with E-state index in [2.05, 4.69) is 52.0 Å². The lowest BCUT2D eigenvalue weighted by Gasteiger charge is -2.08. The molecule has 0 nitrogen and oxygen atoms in total. The van der Waals surface area contributed by atoms with Crippen LogP contribution in [0.3, 0.4) is 0 Å². The first-order valence-corrected chi connectivity index (χ1v) is 5.07. The van der Waals surface area contributed by atoms with Crippen molar-refractivity contribution >= 4 is 10.8 Å². The summed E-state index contributed by atoms with van der Waals surface area (Å²) < 4.78 is 0. The molecule has 0 heterocycles. The van der Waals surface area contributed by atoms with Gasteiger partial charge in [0.2, 0.25) is 0 Å². The summed E-state index contributed by atoms with van der Waals surface area (Å²) in [6.45, 7) is 8.72. The third kappa shape index (κ3) is 1.31. The van der Waals surface area contributed by atoms with E-state index in [4.69, 9.17) is 0 Å². The van der Waals surface area contributed by atoms with Gasteiger partial charge in [-0.25, -0.2) is 0 Å². The third-order valence-corrected chi connectivity index (χ3v) is 3.17. The Balaban J connectivity index is 2.89. The van der Waals surface area contributed by atoms with Crippen LogP contribution in [0.1, 0.15) is 22.3 Å². The fourth-order valence-corrected chi connectivity index (χ4v) is 1.85. The number of fused-ring (bicyclic) bond motifs is 1. The van der Waals surface area contributed by atoms with Crippen LogP contribution >= 0.6 is 0 Å². The first kappa shape index (κ1) is 9.26. The van der Waals surface area contributed by atoms with Gasteiger partial charge >= 0.3 is 0 Å². The van der Waals surface area contributed by atoms with Crippen molar-refractivity contribution in [2.75, 3.05) is 0 Å². The highest BCUT2D eigenvalue weighted by molar-refractivity contribution is 5.87. The van der Waals surface area contributed by atoms with Gasteiger partial charge in [-0.15, -0.1) is 0 Å². The summed E-state index contributed by atoms with van der Waals surface area (Å²) in [4.78, 5) is 0. The summed E-state index contributed by atoms with van der Waals surface area (Å²) in [5.41, 5.74) is 5.54. The van der Waals surface area contributed by atoms with E-state index in [1.54, 1.807) is 0 Å². The number of hydrogen-bond acceptors (Lipinski definition) is 0. The van der Waals surface area contributed by atoms with E-state index in [0.717, 1.165) is 0 Å². The van der Waals surface area contributed by atoms with Gasteiger partial charge in [0.25, 0.3) is 0 Å². The first-order valence-electron chi connectivity index (χ1n) is 5.07. The number of hydrogen-bond donors (Lipinski definition) is 0. The molecule has 2 aromatic rings. The molecule has 0 aliphatic rings. The van der Waals surface area contributed by atoms with Crippen LogP contribution in [0.25, 0.3) is 10.8 Å². The lowest BCUT2D eigenvalue weighted by Crippen LogP contribution is -1.87. The van der Waals surface area contributed by atoms with E-state index in [1.165, 1.54) is 33.0 Å². The maximum absolute atomic E-state index is 2.30. The Labute approximate surface area is 85.6 Å². The second-order valence-corrected chi connectivity index (χ2v) is 4.17. The summed E-state index contributed by atoms with van der Waals surface area (Å²) in [6.07, 6.45) is 0. The largest absolute Gasteiger partial charge is 0.0584 e. The van der Waals surface area contributed by atoms with Gasteiger partial charge in [-0.2, -0.15) is 0 Å². The van der Waals surface area contributed by atoms with E-state index in [1.807, 2.05) is 0 Å². The van der Waals surface area contributed by atoms with Gasteiger partial charge in [0.05, 0.1) is 0 Å². The molecule has 72 valence electrons. The third-order valence-electron chi connectivity index (χ3n) is 3.17. The topological polar surface area (TPSA) is 0 Å². The van der Waals surface area contributed by atoms with Crippen LogP contribution in [0, 0.1) is 27.7 Å². The molecule has 0 spiro atoms. The van der Waals surface area contributed by atoms with Crippen molar-refractivity contribution in [3.63, 3.8) is 0 Å². The SMILES string of the molecule is Cc1cc2ccc(C)c(C)c2cc1C. The van der Waals surface area contributed by atoms with Crippen LogP contribution in [-0.2, 0) is 0 Å². The molecule has 0 N–H and O–H groups in total. The van der Waals surface area contributed by atoms with Crippen molar-refractivity contribution in [3.8, 4) is 0 Å². The van der Waals surface area contributed by atoms with Crippen molar-refractivity contribution in [2.45, 2.75) is 27.7 Å². The van der Waals surface area contributed by atoms with E-state index >= 15 is 0 Å². The van der Waals surface area contributed by atoms with Crippen molar-refractivity contribution in [1.29, 1.82) is 0 Å². The molecule has 0 aliphatic carbocycles. The zero-order valence-electron chi connectivity index (χ0n) is 9.31. The normalized spacial score (nSPS) is 10.9. The van der Waals surface area contributed by atoms with E-state index < -0.39 is 0 Å². The number of benzene rings is 2. The summed E-state index contributed by atoms with van der Waals surface area (Å²) in [7, 11) is 0. The van der Waals surface area contributed by atoms with Crippen LogP contribution in [-0.4, -0.2) is 0 Å². The molecule has 0 saturated carbocycles. The first-order chi connectivity index (χ1) is 6.59. The predicted molar refractivity (Wildman–Crippen MR) is 62.9 cm³/mol. The highest BCUT2D eigenvalue weighted by atomic mass is 14.1. The molecule has 0 heteroatoms. The Kier molecular flexibility index (Phi) is 2.07. The van der Waals surface area contributed by atoms with Gasteiger partial charge in [0.1, 0.15) is 0 Å². The minimum atomic E-state index is 1.36. The lowest BCUT2D eigenvalue weighted by atomic mass is 9.97. The molecule has 0 saturated heterocycles. The fraction of sp³-hybridized carbons (Fsp3) is 0.286. The van der Waals surface area contributed by atoms with Crippen LogP contribution in [0.15, 0.2) is 24.3 Å². The Morgan fingerprint density at radius 1 is 0.714 bits per heavy atom. The fourth-order valence-electron chi connectivity index (χ4n) is 1.85. The summed E-state index contributed by atoms with van der Waals surface area (Å²) >= 11 is 0. The minimum Gasteiger partial charge on any atom is -0.0584 e. The molecule has 0 bridgehead atoms. The minimum absolute atomic E-state index is 1.36. The number of aryl methyl sites for hydroxylation is 4. The monoisotopic (exact) mass is 184 g/mol.